The normalized spacial score (nSPS) is 10.8. The molecule has 0 unspecified atom stereocenters. The number of para-hydroxylation sites is 1. The minimum Gasteiger partial charge on any atom is -0.455 e. The minimum absolute atomic E-state index is 0.696. The molecule has 0 bridgehead atoms. The fourth-order valence-electron chi connectivity index (χ4n) is 2.12. The van der Waals surface area contributed by atoms with E-state index in [2.05, 4.69) is 4.98 Å². The van der Waals surface area contributed by atoms with Crippen molar-refractivity contribution >= 4 is 22.5 Å². The molecule has 0 aliphatic rings. The summed E-state index contributed by atoms with van der Waals surface area (Å²) in [5.41, 5.74) is 2.87. The summed E-state index contributed by atoms with van der Waals surface area (Å²) < 4.78 is 5.94. The van der Waals surface area contributed by atoms with Crippen LogP contribution in [0.3, 0.4) is 0 Å². The van der Waals surface area contributed by atoms with Crippen LogP contribution in [0.25, 0.3) is 10.9 Å². The Hall–Kier alpha value is -2.06. The van der Waals surface area contributed by atoms with E-state index < -0.39 is 0 Å². The van der Waals surface area contributed by atoms with Crippen LogP contribution in [0.2, 0.25) is 5.02 Å². The molecule has 100 valence electrons. The molecule has 0 fully saturated rings. The molecular weight excluding hydrogens is 270 g/mol. The third-order valence-corrected chi connectivity index (χ3v) is 3.44. The number of aromatic nitrogens is 1. The van der Waals surface area contributed by atoms with Gasteiger partial charge >= 0.3 is 0 Å². The minimum atomic E-state index is 0.696. The molecule has 0 atom stereocenters. The maximum atomic E-state index is 6.26. The van der Waals surface area contributed by atoms with E-state index in [1.54, 1.807) is 0 Å². The Morgan fingerprint density at radius 1 is 1.00 bits per heavy atom. The van der Waals surface area contributed by atoms with Crippen LogP contribution in [0, 0.1) is 13.8 Å². The molecule has 3 heteroatoms. The summed E-state index contributed by atoms with van der Waals surface area (Å²) in [5.74, 6) is 1.51. The molecule has 0 aliphatic carbocycles. The molecule has 0 spiro atoms. The third-order valence-electron chi connectivity index (χ3n) is 3.13. The molecule has 2 aromatic carbocycles. The zero-order valence-electron chi connectivity index (χ0n) is 11.4. The van der Waals surface area contributed by atoms with E-state index in [1.807, 2.05) is 62.4 Å². The Balaban J connectivity index is 2.09. The third kappa shape index (κ3) is 2.47. The average molecular weight is 284 g/mol. The number of nitrogens with zero attached hydrogens (tertiary/aromatic N) is 1. The standard InChI is InChI=1S/C17H14ClNO/c1-11-6-8-13(9-7-11)20-16-5-3-4-14-15(18)10-12(2)19-17(14)16/h3-10H,1-2H3. The number of aryl methyl sites for hydroxylation is 2. The second-order valence-corrected chi connectivity index (χ2v) is 5.22. The number of ether oxygens (including phenoxy) is 1. The Labute approximate surface area is 123 Å². The summed E-state index contributed by atoms with van der Waals surface area (Å²) in [6.07, 6.45) is 0. The van der Waals surface area contributed by atoms with Gasteiger partial charge in [0.1, 0.15) is 11.3 Å². The van der Waals surface area contributed by atoms with E-state index in [0.29, 0.717) is 5.02 Å². The summed E-state index contributed by atoms with van der Waals surface area (Å²) in [6, 6.07) is 15.6. The second kappa shape index (κ2) is 5.14. The highest BCUT2D eigenvalue weighted by atomic mass is 35.5. The van der Waals surface area contributed by atoms with Crippen molar-refractivity contribution in [3.63, 3.8) is 0 Å². The zero-order valence-corrected chi connectivity index (χ0v) is 12.1. The van der Waals surface area contributed by atoms with Crippen molar-refractivity contribution in [2.45, 2.75) is 13.8 Å². The SMILES string of the molecule is Cc1ccc(Oc2cccc3c(Cl)cc(C)nc23)cc1. The van der Waals surface area contributed by atoms with Crippen LogP contribution in [0.5, 0.6) is 11.5 Å². The number of hydrogen-bond donors (Lipinski definition) is 0. The first-order valence-electron chi connectivity index (χ1n) is 6.44. The van der Waals surface area contributed by atoms with Gasteiger partial charge in [-0.05, 0) is 38.1 Å². The van der Waals surface area contributed by atoms with E-state index in [1.165, 1.54) is 5.56 Å². The Bertz CT molecular complexity index is 766. The molecule has 20 heavy (non-hydrogen) atoms. The number of halogens is 1. The van der Waals surface area contributed by atoms with Gasteiger partial charge in [0.2, 0.25) is 0 Å². The van der Waals surface area contributed by atoms with E-state index in [4.69, 9.17) is 16.3 Å². The van der Waals surface area contributed by atoms with Crippen LogP contribution in [0.15, 0.2) is 48.5 Å². The maximum Gasteiger partial charge on any atom is 0.153 e. The van der Waals surface area contributed by atoms with Gasteiger partial charge in [0.25, 0.3) is 0 Å². The lowest BCUT2D eigenvalue weighted by molar-refractivity contribution is 0.487. The van der Waals surface area contributed by atoms with Crippen molar-refractivity contribution in [2.24, 2.45) is 0 Å². The van der Waals surface area contributed by atoms with Gasteiger partial charge < -0.3 is 4.74 Å². The van der Waals surface area contributed by atoms with Crippen LogP contribution in [0.4, 0.5) is 0 Å². The zero-order chi connectivity index (χ0) is 14.1. The topological polar surface area (TPSA) is 22.1 Å². The van der Waals surface area contributed by atoms with Crippen LogP contribution < -0.4 is 4.74 Å². The quantitative estimate of drug-likeness (QED) is 0.637. The van der Waals surface area contributed by atoms with Crippen LogP contribution >= 0.6 is 11.6 Å². The van der Waals surface area contributed by atoms with E-state index in [0.717, 1.165) is 28.1 Å². The molecule has 1 heterocycles. The Morgan fingerprint density at radius 2 is 1.75 bits per heavy atom. The molecule has 3 rings (SSSR count). The van der Waals surface area contributed by atoms with Gasteiger partial charge in [0.15, 0.2) is 5.75 Å². The molecule has 0 N–H and O–H groups in total. The van der Waals surface area contributed by atoms with Gasteiger partial charge in [0.05, 0.1) is 5.02 Å². The number of hydrogen-bond acceptors (Lipinski definition) is 2. The van der Waals surface area contributed by atoms with E-state index in [-0.39, 0.29) is 0 Å². The Kier molecular flexibility index (Phi) is 3.33. The first-order valence-corrected chi connectivity index (χ1v) is 6.82. The van der Waals surface area contributed by atoms with Gasteiger partial charge in [-0.15, -0.1) is 0 Å². The van der Waals surface area contributed by atoms with Crippen molar-refractivity contribution < 1.29 is 4.74 Å². The van der Waals surface area contributed by atoms with Crippen molar-refractivity contribution in [3.8, 4) is 11.5 Å². The predicted octanol–water partition coefficient (Wildman–Crippen LogP) is 5.30. The fraction of sp³-hybridized carbons (Fsp3) is 0.118. The van der Waals surface area contributed by atoms with E-state index >= 15 is 0 Å². The second-order valence-electron chi connectivity index (χ2n) is 4.81. The smallest absolute Gasteiger partial charge is 0.153 e. The first kappa shape index (κ1) is 12.9. The number of benzene rings is 2. The molecule has 1 aromatic heterocycles. The first-order chi connectivity index (χ1) is 9.63. The van der Waals surface area contributed by atoms with Gasteiger partial charge in [-0.3, -0.25) is 0 Å². The molecule has 0 saturated heterocycles. The maximum absolute atomic E-state index is 6.26. The summed E-state index contributed by atoms with van der Waals surface area (Å²) in [7, 11) is 0. The highest BCUT2D eigenvalue weighted by Gasteiger charge is 2.08. The molecule has 0 amide bonds. The molecule has 0 aliphatic heterocycles. The average Bonchev–Trinajstić information content (AvgIpc) is 2.42. The predicted molar refractivity (Wildman–Crippen MR) is 82.7 cm³/mol. The molecular formula is C17H14ClNO. The Morgan fingerprint density at radius 3 is 2.50 bits per heavy atom. The lowest BCUT2D eigenvalue weighted by Crippen LogP contribution is -1.90. The van der Waals surface area contributed by atoms with Crippen molar-refractivity contribution in [3.05, 3.63) is 64.8 Å². The van der Waals surface area contributed by atoms with Gasteiger partial charge in [-0.1, -0.05) is 41.4 Å². The van der Waals surface area contributed by atoms with Crippen LogP contribution in [-0.2, 0) is 0 Å². The van der Waals surface area contributed by atoms with Gasteiger partial charge in [-0.25, -0.2) is 4.98 Å². The lowest BCUT2D eigenvalue weighted by Gasteiger charge is -2.10. The highest BCUT2D eigenvalue weighted by molar-refractivity contribution is 6.35. The van der Waals surface area contributed by atoms with Gasteiger partial charge in [-0.2, -0.15) is 0 Å². The summed E-state index contributed by atoms with van der Waals surface area (Å²) in [6.45, 7) is 3.97. The van der Waals surface area contributed by atoms with Crippen molar-refractivity contribution in [2.75, 3.05) is 0 Å². The number of fused-ring (bicyclic) bond motifs is 1. The van der Waals surface area contributed by atoms with Crippen molar-refractivity contribution in [1.29, 1.82) is 0 Å². The lowest BCUT2D eigenvalue weighted by atomic mass is 10.2. The summed E-state index contributed by atoms with van der Waals surface area (Å²) in [5, 5.41) is 1.60. The highest BCUT2D eigenvalue weighted by Crippen LogP contribution is 2.32. The monoisotopic (exact) mass is 283 g/mol. The van der Waals surface area contributed by atoms with Gasteiger partial charge in [0, 0.05) is 11.1 Å². The molecule has 0 radical (unpaired) electrons. The number of pyridine rings is 1. The fourth-order valence-corrected chi connectivity index (χ4v) is 2.43. The van der Waals surface area contributed by atoms with Crippen LogP contribution in [0.1, 0.15) is 11.3 Å². The largest absolute Gasteiger partial charge is 0.455 e. The van der Waals surface area contributed by atoms with E-state index in [9.17, 15) is 0 Å². The molecule has 2 nitrogen and oxygen atoms in total. The van der Waals surface area contributed by atoms with Crippen LogP contribution in [-0.4, -0.2) is 4.98 Å². The summed E-state index contributed by atoms with van der Waals surface area (Å²) >= 11 is 6.26. The van der Waals surface area contributed by atoms with Crippen molar-refractivity contribution in [1.82, 2.24) is 4.98 Å². The number of rotatable bonds is 2. The molecule has 0 saturated carbocycles. The summed E-state index contributed by atoms with van der Waals surface area (Å²) in [4.78, 5) is 4.54. The molecule has 3 aromatic rings.